The molecule has 1 rings (SSSR count). The van der Waals surface area contributed by atoms with Gasteiger partial charge in [0, 0.05) is 5.02 Å². The van der Waals surface area contributed by atoms with Crippen LogP contribution < -0.4 is 21.1 Å². The number of nitrogens with two attached hydrogens (primary N) is 1. The highest BCUT2D eigenvalue weighted by Gasteiger charge is 2.37. The summed E-state index contributed by atoms with van der Waals surface area (Å²) in [6.45, 7) is 0. The predicted octanol–water partition coefficient (Wildman–Crippen LogP) is 1.69. The first-order valence-corrected chi connectivity index (χ1v) is 8.63. The molecule has 4 amide bonds. The summed E-state index contributed by atoms with van der Waals surface area (Å²) in [6.07, 6.45) is -1.69. The fraction of sp³-hybridized carbons (Fsp3) is 0.200. The van der Waals surface area contributed by atoms with Gasteiger partial charge in [0.2, 0.25) is 13.8 Å². The van der Waals surface area contributed by atoms with Crippen molar-refractivity contribution in [2.75, 3.05) is 0 Å². The minimum Gasteiger partial charge on any atom is -0.351 e. The molecule has 0 fully saturated rings. The largest absolute Gasteiger partial charge is 0.351 e. The minimum absolute atomic E-state index is 0.182. The monoisotopic (exact) mass is 422 g/mol. The predicted molar refractivity (Wildman–Crippen MR) is 87.1 cm³/mol. The Morgan fingerprint density at radius 2 is 1.65 bits per heavy atom. The van der Waals surface area contributed by atoms with Crippen molar-refractivity contribution in [1.29, 1.82) is 0 Å². The van der Waals surface area contributed by atoms with Gasteiger partial charge in [-0.25, -0.2) is 18.0 Å². The minimum atomic E-state index is -4.15. The molecule has 1 unspecified atom stereocenters. The van der Waals surface area contributed by atoms with Gasteiger partial charge in [0.05, 0.1) is 4.90 Å². The van der Waals surface area contributed by atoms with Gasteiger partial charge in [-0.2, -0.15) is 4.72 Å². The first-order chi connectivity index (χ1) is 10.4. The number of halogens is 4. The molecule has 1 aromatic carbocycles. The van der Waals surface area contributed by atoms with Crippen molar-refractivity contribution in [2.24, 2.45) is 5.73 Å². The highest BCUT2D eigenvalue weighted by Crippen LogP contribution is 2.30. The van der Waals surface area contributed by atoms with Gasteiger partial charge in [0.1, 0.15) is 6.17 Å². The Morgan fingerprint density at radius 1 is 1.13 bits per heavy atom. The van der Waals surface area contributed by atoms with Crippen LogP contribution in [0.4, 0.5) is 9.59 Å². The fourth-order valence-electron chi connectivity index (χ4n) is 1.29. The highest BCUT2D eigenvalue weighted by atomic mass is 35.6. The molecule has 0 bridgehead atoms. The van der Waals surface area contributed by atoms with E-state index in [4.69, 9.17) is 52.1 Å². The molecule has 0 saturated heterocycles. The molecule has 0 heterocycles. The molecule has 0 aliphatic rings. The summed E-state index contributed by atoms with van der Waals surface area (Å²) in [7, 11) is -4.15. The second-order valence-corrected chi connectivity index (χ2v) is 8.53. The van der Waals surface area contributed by atoms with E-state index in [0.717, 1.165) is 0 Å². The van der Waals surface area contributed by atoms with Crippen LogP contribution in [-0.4, -0.2) is 30.4 Å². The highest BCUT2D eigenvalue weighted by molar-refractivity contribution is 7.89. The van der Waals surface area contributed by atoms with Crippen molar-refractivity contribution >= 4 is 68.5 Å². The van der Waals surface area contributed by atoms with Crippen LogP contribution in [0.25, 0.3) is 0 Å². The first kappa shape index (κ1) is 20.1. The van der Waals surface area contributed by atoms with Crippen LogP contribution in [0.5, 0.6) is 0 Å². The summed E-state index contributed by atoms with van der Waals surface area (Å²) in [5.74, 6) is 0. The lowest BCUT2D eigenvalue weighted by Crippen LogP contribution is -2.58. The smallest absolute Gasteiger partial charge is 0.324 e. The number of amides is 4. The Bertz CT molecular complexity index is 690. The fourth-order valence-corrected chi connectivity index (χ4v) is 3.12. The Hall–Kier alpha value is -0.970. The Labute approximate surface area is 151 Å². The summed E-state index contributed by atoms with van der Waals surface area (Å²) in [4.78, 5) is 21.8. The molecule has 0 saturated carbocycles. The van der Waals surface area contributed by atoms with Crippen molar-refractivity contribution in [1.82, 2.24) is 15.4 Å². The molecule has 0 aliphatic carbocycles. The number of primary amides is 1. The number of benzene rings is 1. The third-order valence-electron chi connectivity index (χ3n) is 2.24. The number of imide groups is 1. The lowest BCUT2D eigenvalue weighted by Gasteiger charge is -2.26. The van der Waals surface area contributed by atoms with E-state index in [1.807, 2.05) is 10.0 Å². The van der Waals surface area contributed by atoms with Gasteiger partial charge >= 0.3 is 12.1 Å². The van der Waals surface area contributed by atoms with Crippen LogP contribution in [0.1, 0.15) is 0 Å². The lowest BCUT2D eigenvalue weighted by molar-refractivity contribution is 0.228. The Kier molecular flexibility index (Phi) is 6.75. The second-order valence-electron chi connectivity index (χ2n) is 4.01. The topological polar surface area (TPSA) is 130 Å². The average Bonchev–Trinajstić information content (AvgIpc) is 2.36. The number of rotatable bonds is 4. The Morgan fingerprint density at radius 3 is 2.09 bits per heavy atom. The van der Waals surface area contributed by atoms with Crippen molar-refractivity contribution in [3.8, 4) is 0 Å². The van der Waals surface area contributed by atoms with E-state index in [0.29, 0.717) is 5.02 Å². The van der Waals surface area contributed by atoms with Crippen molar-refractivity contribution in [3.05, 3.63) is 29.3 Å². The maximum absolute atomic E-state index is 12.2. The maximum Gasteiger partial charge on any atom is 0.324 e. The molecular formula is C10H10Cl4N4O4S. The molecule has 8 nitrogen and oxygen atoms in total. The van der Waals surface area contributed by atoms with Crippen LogP contribution in [0.2, 0.25) is 5.02 Å². The molecule has 1 aromatic rings. The third-order valence-corrected chi connectivity index (χ3v) is 4.58. The number of hydrogen-bond acceptors (Lipinski definition) is 4. The van der Waals surface area contributed by atoms with Gasteiger partial charge in [-0.15, -0.1) is 0 Å². The van der Waals surface area contributed by atoms with Gasteiger partial charge in [-0.3, -0.25) is 5.32 Å². The van der Waals surface area contributed by atoms with Crippen LogP contribution in [0, 0.1) is 0 Å². The SMILES string of the molecule is NC(=O)NC(=O)NC(NS(=O)(=O)c1ccc(Cl)cc1)C(Cl)(Cl)Cl. The molecule has 13 heteroatoms. The van der Waals surface area contributed by atoms with Gasteiger partial charge < -0.3 is 11.1 Å². The maximum atomic E-state index is 12.2. The van der Waals surface area contributed by atoms with E-state index < -0.39 is 32.0 Å². The van der Waals surface area contributed by atoms with E-state index in [1.165, 1.54) is 24.3 Å². The van der Waals surface area contributed by atoms with E-state index in [-0.39, 0.29) is 4.90 Å². The van der Waals surface area contributed by atoms with Gasteiger partial charge in [-0.05, 0) is 24.3 Å². The zero-order valence-corrected chi connectivity index (χ0v) is 14.9. The van der Waals surface area contributed by atoms with Crippen LogP contribution >= 0.6 is 46.4 Å². The second kappa shape index (κ2) is 7.73. The molecular weight excluding hydrogens is 414 g/mol. The third kappa shape index (κ3) is 6.58. The zero-order valence-electron chi connectivity index (χ0n) is 11.0. The summed E-state index contributed by atoms with van der Waals surface area (Å²) >= 11 is 22.5. The van der Waals surface area contributed by atoms with Crippen molar-refractivity contribution in [3.63, 3.8) is 0 Å². The normalized spacial score (nSPS) is 13.2. The number of carbonyl (C=O) groups excluding carboxylic acids is 2. The first-order valence-electron chi connectivity index (χ1n) is 5.63. The van der Waals surface area contributed by atoms with E-state index in [2.05, 4.69) is 0 Å². The standard InChI is InChI=1S/C10H10Cl4N4O4S/c11-5-1-3-6(4-2-5)23(21,22)18-7(10(12,13)14)16-9(20)17-8(15)19/h1-4,7,18H,(H4,15,16,17,19,20). The molecule has 128 valence electrons. The zero-order chi connectivity index (χ0) is 17.8. The van der Waals surface area contributed by atoms with E-state index in [1.54, 1.807) is 5.32 Å². The van der Waals surface area contributed by atoms with Gasteiger partial charge in [0.25, 0.3) is 0 Å². The molecule has 1 atom stereocenters. The average molecular weight is 424 g/mol. The number of nitrogens with one attached hydrogen (secondary N) is 3. The van der Waals surface area contributed by atoms with E-state index in [9.17, 15) is 18.0 Å². The van der Waals surface area contributed by atoms with Crippen molar-refractivity contribution in [2.45, 2.75) is 14.9 Å². The number of carbonyl (C=O) groups is 2. The van der Waals surface area contributed by atoms with Crippen LogP contribution in [0.3, 0.4) is 0 Å². The van der Waals surface area contributed by atoms with Gasteiger partial charge in [-0.1, -0.05) is 46.4 Å². The van der Waals surface area contributed by atoms with Crippen LogP contribution in [0.15, 0.2) is 29.2 Å². The van der Waals surface area contributed by atoms with Crippen molar-refractivity contribution < 1.29 is 18.0 Å². The van der Waals surface area contributed by atoms with Crippen LogP contribution in [-0.2, 0) is 10.0 Å². The molecule has 23 heavy (non-hydrogen) atoms. The molecule has 0 aromatic heterocycles. The Balaban J connectivity index is 2.99. The summed E-state index contributed by atoms with van der Waals surface area (Å²) in [6, 6.07) is 2.77. The summed E-state index contributed by atoms with van der Waals surface area (Å²) in [5, 5.41) is 3.92. The lowest BCUT2D eigenvalue weighted by atomic mass is 10.4. The molecule has 0 aliphatic heterocycles. The number of sulfonamides is 1. The number of urea groups is 2. The molecule has 5 N–H and O–H groups in total. The quantitative estimate of drug-likeness (QED) is 0.433. The molecule has 0 spiro atoms. The van der Waals surface area contributed by atoms with E-state index >= 15 is 0 Å². The summed E-state index contributed by atoms with van der Waals surface area (Å²) < 4.78 is 24.1. The molecule has 0 radical (unpaired) electrons. The number of hydrogen-bond donors (Lipinski definition) is 4. The van der Waals surface area contributed by atoms with Gasteiger partial charge in [0.15, 0.2) is 0 Å². The summed E-state index contributed by atoms with van der Waals surface area (Å²) in [5.41, 5.74) is 4.75. The number of alkyl halides is 3.